The van der Waals surface area contributed by atoms with Crippen LogP contribution in [0.15, 0.2) is 53.1 Å². The first-order chi connectivity index (χ1) is 10.1. The maximum absolute atomic E-state index is 12.7. The second-order valence-corrected chi connectivity index (χ2v) is 5.92. The van der Waals surface area contributed by atoms with E-state index in [0.717, 1.165) is 12.0 Å². The van der Waals surface area contributed by atoms with Crippen LogP contribution in [0.5, 0.6) is 0 Å². The quantitative estimate of drug-likeness (QED) is 0.803. The monoisotopic (exact) mass is 346 g/mol. The van der Waals surface area contributed by atoms with Gasteiger partial charge in [-0.3, -0.25) is 4.79 Å². The summed E-state index contributed by atoms with van der Waals surface area (Å²) in [6, 6.07) is 15.4. The Morgan fingerprint density at radius 2 is 1.90 bits per heavy atom. The molecule has 0 aliphatic rings. The van der Waals surface area contributed by atoms with Gasteiger partial charge in [0.05, 0.1) is 5.92 Å². The third kappa shape index (κ3) is 4.14. The molecule has 1 heterocycles. The molecule has 2 rings (SSSR count). The first kappa shape index (κ1) is 15.7. The molecule has 110 valence electrons. The lowest BCUT2D eigenvalue weighted by Crippen LogP contribution is -2.26. The molecule has 0 bridgehead atoms. The van der Waals surface area contributed by atoms with Crippen LogP contribution < -0.4 is 5.32 Å². The number of aromatic nitrogens is 1. The van der Waals surface area contributed by atoms with Crippen LogP contribution >= 0.6 is 15.9 Å². The number of pyridine rings is 1. The van der Waals surface area contributed by atoms with Crippen LogP contribution in [0.4, 0.5) is 5.82 Å². The van der Waals surface area contributed by atoms with Gasteiger partial charge in [0.25, 0.3) is 0 Å². The van der Waals surface area contributed by atoms with E-state index in [1.165, 1.54) is 0 Å². The molecular formula is C17H19BrN2O. The Morgan fingerprint density at radius 1 is 1.19 bits per heavy atom. The average molecular weight is 347 g/mol. The molecule has 0 aliphatic carbocycles. The summed E-state index contributed by atoms with van der Waals surface area (Å²) in [6.45, 7) is 4.21. The number of amides is 1. The van der Waals surface area contributed by atoms with Gasteiger partial charge in [0.1, 0.15) is 10.4 Å². The van der Waals surface area contributed by atoms with Crippen LogP contribution in [-0.2, 0) is 4.79 Å². The summed E-state index contributed by atoms with van der Waals surface area (Å²) in [4.78, 5) is 16.9. The van der Waals surface area contributed by atoms with Crippen molar-refractivity contribution in [2.24, 2.45) is 5.92 Å². The minimum absolute atomic E-state index is 0.0128. The molecule has 2 aromatic rings. The van der Waals surface area contributed by atoms with Crippen molar-refractivity contribution < 1.29 is 4.79 Å². The molecule has 4 heteroatoms. The zero-order valence-corrected chi connectivity index (χ0v) is 13.8. The van der Waals surface area contributed by atoms with Gasteiger partial charge in [-0.1, -0.05) is 56.7 Å². The number of anilines is 1. The molecule has 0 fully saturated rings. The second kappa shape index (κ2) is 7.36. The Balaban J connectivity index is 2.23. The summed E-state index contributed by atoms with van der Waals surface area (Å²) in [7, 11) is 0. The average Bonchev–Trinajstić information content (AvgIpc) is 2.48. The van der Waals surface area contributed by atoms with Crippen molar-refractivity contribution in [3.8, 4) is 0 Å². The predicted octanol–water partition coefficient (Wildman–Crippen LogP) is 4.61. The van der Waals surface area contributed by atoms with Crippen molar-refractivity contribution in [1.29, 1.82) is 0 Å². The van der Waals surface area contributed by atoms with Crippen LogP contribution in [0.25, 0.3) is 0 Å². The number of rotatable bonds is 5. The van der Waals surface area contributed by atoms with Gasteiger partial charge in [-0.25, -0.2) is 4.98 Å². The van der Waals surface area contributed by atoms with E-state index < -0.39 is 0 Å². The van der Waals surface area contributed by atoms with Gasteiger partial charge in [0, 0.05) is 0 Å². The number of carbonyl (C=O) groups excluding carboxylic acids is 1. The minimum atomic E-state index is -0.169. The summed E-state index contributed by atoms with van der Waals surface area (Å²) >= 11 is 3.31. The molecule has 0 saturated carbocycles. The van der Waals surface area contributed by atoms with Crippen LogP contribution in [0.2, 0.25) is 0 Å². The zero-order valence-electron chi connectivity index (χ0n) is 12.2. The van der Waals surface area contributed by atoms with E-state index in [9.17, 15) is 4.79 Å². The summed E-state index contributed by atoms with van der Waals surface area (Å²) in [5.74, 6) is 0.649. The second-order valence-electron chi connectivity index (χ2n) is 5.11. The molecule has 1 aromatic heterocycles. The third-order valence-electron chi connectivity index (χ3n) is 3.62. The van der Waals surface area contributed by atoms with Gasteiger partial charge in [-0.2, -0.15) is 0 Å². The maximum atomic E-state index is 12.7. The fourth-order valence-electron chi connectivity index (χ4n) is 2.32. The minimum Gasteiger partial charge on any atom is -0.310 e. The largest absolute Gasteiger partial charge is 0.310 e. The van der Waals surface area contributed by atoms with Gasteiger partial charge >= 0.3 is 0 Å². The molecule has 0 spiro atoms. The van der Waals surface area contributed by atoms with E-state index in [-0.39, 0.29) is 17.7 Å². The summed E-state index contributed by atoms with van der Waals surface area (Å²) in [5.41, 5.74) is 1.04. The zero-order chi connectivity index (χ0) is 15.2. The number of carbonyl (C=O) groups is 1. The van der Waals surface area contributed by atoms with Crippen molar-refractivity contribution in [2.45, 2.75) is 26.2 Å². The van der Waals surface area contributed by atoms with Gasteiger partial charge in [-0.05, 0) is 39.5 Å². The standard InChI is InChI=1S/C17H19BrN2O/c1-3-12(2)16(13-8-5-4-6-9-13)17(21)20-15-11-7-10-14(18)19-15/h4-12,16H,3H2,1-2H3,(H,19,20,21). The van der Waals surface area contributed by atoms with Crippen molar-refractivity contribution in [1.82, 2.24) is 4.98 Å². The number of halogens is 1. The van der Waals surface area contributed by atoms with Crippen LogP contribution in [0.3, 0.4) is 0 Å². The first-order valence-electron chi connectivity index (χ1n) is 7.10. The Morgan fingerprint density at radius 3 is 2.52 bits per heavy atom. The van der Waals surface area contributed by atoms with Crippen molar-refractivity contribution in [2.75, 3.05) is 5.32 Å². The smallest absolute Gasteiger partial charge is 0.233 e. The van der Waals surface area contributed by atoms with Crippen molar-refractivity contribution >= 4 is 27.7 Å². The molecule has 0 saturated heterocycles. The predicted molar refractivity (Wildman–Crippen MR) is 89.2 cm³/mol. The summed E-state index contributed by atoms with van der Waals surface area (Å²) in [6.07, 6.45) is 0.943. The number of benzene rings is 1. The van der Waals surface area contributed by atoms with Crippen LogP contribution in [0, 0.1) is 5.92 Å². The highest BCUT2D eigenvalue weighted by Gasteiger charge is 2.26. The highest BCUT2D eigenvalue weighted by molar-refractivity contribution is 9.10. The fraction of sp³-hybridized carbons (Fsp3) is 0.294. The van der Waals surface area contributed by atoms with Gasteiger partial charge in [0.15, 0.2) is 0 Å². The fourth-order valence-corrected chi connectivity index (χ4v) is 2.66. The topological polar surface area (TPSA) is 42.0 Å². The Hall–Kier alpha value is -1.68. The lowest BCUT2D eigenvalue weighted by Gasteiger charge is -2.22. The maximum Gasteiger partial charge on any atom is 0.233 e. The number of nitrogens with one attached hydrogen (secondary N) is 1. The van der Waals surface area contributed by atoms with E-state index in [4.69, 9.17) is 0 Å². The number of hydrogen-bond donors (Lipinski definition) is 1. The lowest BCUT2D eigenvalue weighted by molar-refractivity contribution is -0.118. The molecule has 3 nitrogen and oxygen atoms in total. The van der Waals surface area contributed by atoms with Crippen molar-refractivity contribution in [3.05, 3.63) is 58.7 Å². The molecule has 2 atom stereocenters. The molecular weight excluding hydrogens is 328 g/mol. The van der Waals surface area contributed by atoms with E-state index in [1.807, 2.05) is 42.5 Å². The van der Waals surface area contributed by atoms with Gasteiger partial charge < -0.3 is 5.32 Å². The summed E-state index contributed by atoms with van der Waals surface area (Å²) < 4.78 is 0.708. The lowest BCUT2D eigenvalue weighted by atomic mass is 9.85. The molecule has 0 aliphatic heterocycles. The third-order valence-corrected chi connectivity index (χ3v) is 4.06. The van der Waals surface area contributed by atoms with Gasteiger partial charge in [0.2, 0.25) is 5.91 Å². The SMILES string of the molecule is CCC(C)C(C(=O)Nc1cccc(Br)n1)c1ccccc1. The van der Waals surface area contributed by atoms with Crippen LogP contribution in [-0.4, -0.2) is 10.9 Å². The summed E-state index contributed by atoms with van der Waals surface area (Å²) in [5, 5.41) is 2.92. The molecule has 1 amide bonds. The van der Waals surface area contributed by atoms with E-state index in [0.29, 0.717) is 10.4 Å². The number of hydrogen-bond acceptors (Lipinski definition) is 2. The molecule has 1 aromatic carbocycles. The van der Waals surface area contributed by atoms with E-state index in [2.05, 4.69) is 40.1 Å². The molecule has 2 unspecified atom stereocenters. The van der Waals surface area contributed by atoms with Gasteiger partial charge in [-0.15, -0.1) is 0 Å². The van der Waals surface area contributed by atoms with Crippen LogP contribution in [0.1, 0.15) is 31.7 Å². The van der Waals surface area contributed by atoms with E-state index in [1.54, 1.807) is 6.07 Å². The Kier molecular flexibility index (Phi) is 5.51. The van der Waals surface area contributed by atoms with Crippen molar-refractivity contribution in [3.63, 3.8) is 0 Å². The Labute approximate surface area is 133 Å². The molecule has 0 radical (unpaired) electrons. The van der Waals surface area contributed by atoms with E-state index >= 15 is 0 Å². The highest BCUT2D eigenvalue weighted by atomic mass is 79.9. The molecule has 1 N–H and O–H groups in total. The first-order valence-corrected chi connectivity index (χ1v) is 7.89. The Bertz CT molecular complexity index is 601. The highest BCUT2D eigenvalue weighted by Crippen LogP contribution is 2.28. The number of nitrogens with zero attached hydrogens (tertiary/aromatic N) is 1. The molecule has 21 heavy (non-hydrogen) atoms. The normalized spacial score (nSPS) is 13.5.